The molecule has 0 radical (unpaired) electrons. The van der Waals surface area contributed by atoms with E-state index < -0.39 is 9.84 Å². The van der Waals surface area contributed by atoms with E-state index in [-0.39, 0.29) is 5.25 Å². The molecule has 1 saturated carbocycles. The van der Waals surface area contributed by atoms with Gasteiger partial charge < -0.3 is 5.73 Å². The van der Waals surface area contributed by atoms with Crippen LogP contribution in [0.15, 0.2) is 0 Å². The van der Waals surface area contributed by atoms with Gasteiger partial charge in [-0.05, 0) is 45.1 Å². The van der Waals surface area contributed by atoms with Crippen molar-refractivity contribution in [3.05, 3.63) is 0 Å². The first kappa shape index (κ1) is 15.0. The molecular weight excluding hydrogens is 234 g/mol. The summed E-state index contributed by atoms with van der Waals surface area (Å²) in [6.07, 6.45) is 6.93. The number of sulfone groups is 1. The Kier molecular flexibility index (Phi) is 5.93. The lowest BCUT2D eigenvalue weighted by Crippen LogP contribution is -2.26. The highest BCUT2D eigenvalue weighted by molar-refractivity contribution is 7.91. The predicted molar refractivity (Wildman–Crippen MR) is 72.7 cm³/mol. The lowest BCUT2D eigenvalue weighted by Gasteiger charge is -2.24. The summed E-state index contributed by atoms with van der Waals surface area (Å²) in [6, 6.07) is 0. The fourth-order valence-electron chi connectivity index (χ4n) is 2.70. The van der Waals surface area contributed by atoms with Crippen LogP contribution in [-0.2, 0) is 9.84 Å². The molecule has 1 rings (SSSR count). The van der Waals surface area contributed by atoms with Gasteiger partial charge in [-0.2, -0.15) is 0 Å². The first-order valence-corrected chi connectivity index (χ1v) is 8.60. The molecule has 3 nitrogen and oxygen atoms in total. The van der Waals surface area contributed by atoms with E-state index in [1.807, 2.05) is 0 Å². The zero-order valence-electron chi connectivity index (χ0n) is 11.2. The standard InChI is InChI=1S/C13H27NO2S/c1-11(2)17(15,16)9-8-12-6-4-3-5-7-13(12)10-14/h11-13H,3-10,14H2,1-2H3. The molecule has 102 valence electrons. The van der Waals surface area contributed by atoms with Crippen LogP contribution in [-0.4, -0.2) is 26.0 Å². The van der Waals surface area contributed by atoms with Gasteiger partial charge in [0.15, 0.2) is 9.84 Å². The van der Waals surface area contributed by atoms with Gasteiger partial charge in [-0.15, -0.1) is 0 Å². The minimum absolute atomic E-state index is 0.246. The molecule has 0 heterocycles. The van der Waals surface area contributed by atoms with Crippen molar-refractivity contribution in [3.63, 3.8) is 0 Å². The Hall–Kier alpha value is -0.0900. The second-order valence-electron chi connectivity index (χ2n) is 5.60. The second-order valence-corrected chi connectivity index (χ2v) is 8.28. The summed E-state index contributed by atoms with van der Waals surface area (Å²) >= 11 is 0. The van der Waals surface area contributed by atoms with Gasteiger partial charge in [0, 0.05) is 0 Å². The highest BCUT2D eigenvalue weighted by Crippen LogP contribution is 2.31. The summed E-state index contributed by atoms with van der Waals surface area (Å²) in [5.74, 6) is 1.40. The van der Waals surface area contributed by atoms with Crippen molar-refractivity contribution in [1.82, 2.24) is 0 Å². The average molecular weight is 261 g/mol. The summed E-state index contributed by atoms with van der Waals surface area (Å²) in [7, 11) is -2.88. The number of hydrogen-bond donors (Lipinski definition) is 1. The highest BCUT2D eigenvalue weighted by Gasteiger charge is 2.25. The van der Waals surface area contributed by atoms with E-state index in [1.165, 1.54) is 25.7 Å². The molecule has 17 heavy (non-hydrogen) atoms. The second kappa shape index (κ2) is 6.74. The van der Waals surface area contributed by atoms with Crippen molar-refractivity contribution in [3.8, 4) is 0 Å². The Morgan fingerprint density at radius 2 is 1.71 bits per heavy atom. The van der Waals surface area contributed by atoms with Gasteiger partial charge in [0.25, 0.3) is 0 Å². The molecule has 1 aliphatic rings. The largest absolute Gasteiger partial charge is 0.330 e. The Labute approximate surface area is 106 Å². The van der Waals surface area contributed by atoms with Crippen LogP contribution in [0.1, 0.15) is 52.4 Å². The lowest BCUT2D eigenvalue weighted by atomic mass is 9.86. The molecular formula is C13H27NO2S. The quantitative estimate of drug-likeness (QED) is 0.773. The van der Waals surface area contributed by atoms with Gasteiger partial charge in [-0.25, -0.2) is 8.42 Å². The molecule has 0 saturated heterocycles. The van der Waals surface area contributed by atoms with Crippen LogP contribution in [0.25, 0.3) is 0 Å². The molecule has 2 N–H and O–H groups in total. The predicted octanol–water partition coefficient (Wildman–Crippen LogP) is 2.35. The molecule has 0 aromatic heterocycles. The summed E-state index contributed by atoms with van der Waals surface area (Å²) < 4.78 is 23.6. The maximum Gasteiger partial charge on any atom is 0.152 e. The Balaban J connectivity index is 2.53. The third-order valence-corrected chi connectivity index (χ3v) is 6.35. The first-order valence-electron chi connectivity index (χ1n) is 6.89. The van der Waals surface area contributed by atoms with Crippen LogP contribution in [0.3, 0.4) is 0 Å². The van der Waals surface area contributed by atoms with Gasteiger partial charge in [0.2, 0.25) is 0 Å². The minimum Gasteiger partial charge on any atom is -0.330 e. The number of nitrogens with two attached hydrogens (primary N) is 1. The van der Waals surface area contributed by atoms with Crippen molar-refractivity contribution in [1.29, 1.82) is 0 Å². The topological polar surface area (TPSA) is 60.2 Å². The zero-order chi connectivity index (χ0) is 12.9. The lowest BCUT2D eigenvalue weighted by molar-refractivity contribution is 0.311. The molecule has 0 amide bonds. The molecule has 0 aliphatic heterocycles. The Bertz CT molecular complexity index is 311. The summed E-state index contributed by atoms with van der Waals surface area (Å²) in [4.78, 5) is 0. The maximum absolute atomic E-state index is 11.8. The van der Waals surface area contributed by atoms with E-state index in [1.54, 1.807) is 13.8 Å². The SMILES string of the molecule is CC(C)S(=O)(=O)CCC1CCCCCC1CN. The van der Waals surface area contributed by atoms with Crippen LogP contribution in [0, 0.1) is 11.8 Å². The van der Waals surface area contributed by atoms with E-state index in [9.17, 15) is 8.42 Å². The molecule has 1 fully saturated rings. The third-order valence-electron chi connectivity index (χ3n) is 4.11. The van der Waals surface area contributed by atoms with Crippen LogP contribution < -0.4 is 5.73 Å². The summed E-state index contributed by atoms with van der Waals surface area (Å²) in [6.45, 7) is 4.25. The number of hydrogen-bond acceptors (Lipinski definition) is 3. The average Bonchev–Trinajstić information content (AvgIpc) is 2.50. The Morgan fingerprint density at radius 3 is 2.24 bits per heavy atom. The zero-order valence-corrected chi connectivity index (χ0v) is 12.0. The summed E-state index contributed by atoms with van der Waals surface area (Å²) in [5.41, 5.74) is 5.81. The van der Waals surface area contributed by atoms with E-state index in [4.69, 9.17) is 5.73 Å². The molecule has 2 unspecified atom stereocenters. The van der Waals surface area contributed by atoms with Gasteiger partial charge in [-0.1, -0.05) is 25.7 Å². The molecule has 0 aromatic rings. The Morgan fingerprint density at radius 1 is 1.12 bits per heavy atom. The van der Waals surface area contributed by atoms with Crippen LogP contribution in [0.4, 0.5) is 0 Å². The fraction of sp³-hybridized carbons (Fsp3) is 1.00. The van der Waals surface area contributed by atoms with Crippen LogP contribution >= 0.6 is 0 Å². The number of rotatable bonds is 5. The van der Waals surface area contributed by atoms with Crippen LogP contribution in [0.2, 0.25) is 0 Å². The van der Waals surface area contributed by atoms with Gasteiger partial charge in [-0.3, -0.25) is 0 Å². The molecule has 4 heteroatoms. The molecule has 0 bridgehead atoms. The normalized spacial score (nSPS) is 27.1. The van der Waals surface area contributed by atoms with Gasteiger partial charge in [0.1, 0.15) is 0 Å². The van der Waals surface area contributed by atoms with Crippen molar-refractivity contribution in [2.24, 2.45) is 17.6 Å². The fourth-order valence-corrected chi connectivity index (χ4v) is 3.81. The monoisotopic (exact) mass is 261 g/mol. The molecule has 2 atom stereocenters. The maximum atomic E-state index is 11.8. The third kappa shape index (κ3) is 4.59. The van der Waals surface area contributed by atoms with E-state index >= 15 is 0 Å². The van der Waals surface area contributed by atoms with Crippen molar-refractivity contribution in [2.75, 3.05) is 12.3 Å². The van der Waals surface area contributed by atoms with E-state index in [0.29, 0.717) is 24.1 Å². The minimum atomic E-state index is -2.88. The van der Waals surface area contributed by atoms with Crippen molar-refractivity contribution >= 4 is 9.84 Å². The van der Waals surface area contributed by atoms with Crippen molar-refractivity contribution in [2.45, 2.75) is 57.6 Å². The van der Waals surface area contributed by atoms with E-state index in [0.717, 1.165) is 12.8 Å². The van der Waals surface area contributed by atoms with Gasteiger partial charge in [0.05, 0.1) is 11.0 Å². The first-order chi connectivity index (χ1) is 7.97. The van der Waals surface area contributed by atoms with E-state index in [2.05, 4.69) is 0 Å². The summed E-state index contributed by atoms with van der Waals surface area (Å²) in [5, 5.41) is -0.246. The highest BCUT2D eigenvalue weighted by atomic mass is 32.2. The molecule has 0 spiro atoms. The van der Waals surface area contributed by atoms with Gasteiger partial charge >= 0.3 is 0 Å². The molecule has 0 aromatic carbocycles. The van der Waals surface area contributed by atoms with Crippen molar-refractivity contribution < 1.29 is 8.42 Å². The smallest absolute Gasteiger partial charge is 0.152 e. The van der Waals surface area contributed by atoms with Crippen LogP contribution in [0.5, 0.6) is 0 Å². The molecule has 1 aliphatic carbocycles.